The van der Waals surface area contributed by atoms with E-state index < -0.39 is 5.82 Å². The minimum absolute atomic E-state index is 0.218. The van der Waals surface area contributed by atoms with Crippen LogP contribution in [-0.4, -0.2) is 15.0 Å². The fourth-order valence-corrected chi connectivity index (χ4v) is 2.31. The van der Waals surface area contributed by atoms with Gasteiger partial charge >= 0.3 is 0 Å². The number of nitrogens with two attached hydrogens (primary N) is 1. The quantitative estimate of drug-likeness (QED) is 0.745. The molecule has 0 radical (unpaired) electrons. The van der Waals surface area contributed by atoms with E-state index in [1.54, 1.807) is 18.2 Å². The van der Waals surface area contributed by atoms with E-state index in [1.807, 2.05) is 6.92 Å². The van der Waals surface area contributed by atoms with E-state index in [-0.39, 0.29) is 5.82 Å². The Hall–Kier alpha value is -2.27. The molecule has 0 unspecified atom stereocenters. The van der Waals surface area contributed by atoms with Gasteiger partial charge in [0.2, 0.25) is 0 Å². The second-order valence-electron chi connectivity index (χ2n) is 4.35. The molecule has 1 aromatic carbocycles. The molecule has 0 aliphatic rings. The van der Waals surface area contributed by atoms with Gasteiger partial charge in [0, 0.05) is 10.6 Å². The van der Waals surface area contributed by atoms with Crippen LogP contribution in [0.1, 0.15) is 5.56 Å². The number of anilines is 1. The SMILES string of the molecule is Cc1c(Cl)cccc1-c1c(F)cnc2c(N)ncnc12. The van der Waals surface area contributed by atoms with Crippen molar-refractivity contribution in [2.24, 2.45) is 0 Å². The molecule has 0 saturated heterocycles. The predicted molar refractivity (Wildman–Crippen MR) is 76.9 cm³/mol. The summed E-state index contributed by atoms with van der Waals surface area (Å²) in [6.45, 7) is 1.83. The highest BCUT2D eigenvalue weighted by Crippen LogP contribution is 2.34. The molecule has 2 heterocycles. The average molecular weight is 289 g/mol. The lowest BCUT2D eigenvalue weighted by atomic mass is 9.99. The van der Waals surface area contributed by atoms with Crippen molar-refractivity contribution >= 4 is 28.5 Å². The van der Waals surface area contributed by atoms with Gasteiger partial charge in [-0.05, 0) is 24.1 Å². The zero-order valence-electron chi connectivity index (χ0n) is 10.6. The van der Waals surface area contributed by atoms with Crippen LogP contribution >= 0.6 is 11.6 Å². The van der Waals surface area contributed by atoms with E-state index in [4.69, 9.17) is 17.3 Å². The maximum Gasteiger partial charge on any atom is 0.153 e. The molecule has 0 amide bonds. The molecule has 0 aliphatic carbocycles. The number of aromatic nitrogens is 3. The molecule has 2 N–H and O–H groups in total. The molecule has 0 atom stereocenters. The van der Waals surface area contributed by atoms with Crippen LogP contribution in [0.4, 0.5) is 10.2 Å². The maximum absolute atomic E-state index is 14.2. The van der Waals surface area contributed by atoms with Crippen LogP contribution in [0.2, 0.25) is 5.02 Å². The fourth-order valence-electron chi connectivity index (χ4n) is 2.14. The number of nitrogen functional groups attached to an aromatic ring is 1. The van der Waals surface area contributed by atoms with Gasteiger partial charge in [-0.2, -0.15) is 0 Å². The van der Waals surface area contributed by atoms with Crippen molar-refractivity contribution in [1.29, 1.82) is 0 Å². The average Bonchev–Trinajstić information content (AvgIpc) is 2.43. The Labute approximate surface area is 119 Å². The van der Waals surface area contributed by atoms with Crippen LogP contribution in [0, 0.1) is 12.7 Å². The summed E-state index contributed by atoms with van der Waals surface area (Å²) in [7, 11) is 0. The Balaban J connectivity index is 2.44. The lowest BCUT2D eigenvalue weighted by Gasteiger charge is -2.11. The molecular weight excluding hydrogens is 279 g/mol. The summed E-state index contributed by atoms with van der Waals surface area (Å²) in [5, 5.41) is 0.564. The number of halogens is 2. The molecule has 20 heavy (non-hydrogen) atoms. The van der Waals surface area contributed by atoms with Crippen LogP contribution in [0.25, 0.3) is 22.2 Å². The molecule has 0 spiro atoms. The van der Waals surface area contributed by atoms with E-state index in [9.17, 15) is 4.39 Å². The van der Waals surface area contributed by atoms with Crippen molar-refractivity contribution in [2.45, 2.75) is 6.92 Å². The van der Waals surface area contributed by atoms with Crippen molar-refractivity contribution in [2.75, 3.05) is 5.73 Å². The van der Waals surface area contributed by atoms with Crippen LogP contribution in [0.5, 0.6) is 0 Å². The summed E-state index contributed by atoms with van der Waals surface area (Å²) in [4.78, 5) is 11.9. The largest absolute Gasteiger partial charge is 0.382 e. The molecule has 100 valence electrons. The van der Waals surface area contributed by atoms with Gasteiger partial charge in [0.15, 0.2) is 11.6 Å². The van der Waals surface area contributed by atoms with Gasteiger partial charge in [-0.15, -0.1) is 0 Å². The molecule has 3 rings (SSSR count). The second-order valence-corrected chi connectivity index (χ2v) is 4.76. The number of hydrogen-bond acceptors (Lipinski definition) is 4. The molecule has 3 aromatic rings. The number of nitrogens with zero attached hydrogens (tertiary/aromatic N) is 3. The highest BCUT2D eigenvalue weighted by Gasteiger charge is 2.16. The van der Waals surface area contributed by atoms with Gasteiger partial charge in [0.05, 0.1) is 6.20 Å². The van der Waals surface area contributed by atoms with Gasteiger partial charge in [0.1, 0.15) is 17.4 Å². The van der Waals surface area contributed by atoms with E-state index in [1.165, 1.54) is 6.33 Å². The minimum Gasteiger partial charge on any atom is -0.382 e. The van der Waals surface area contributed by atoms with Crippen LogP contribution in [0.15, 0.2) is 30.7 Å². The molecule has 2 aromatic heterocycles. The molecular formula is C14H10ClFN4. The zero-order chi connectivity index (χ0) is 14.3. The van der Waals surface area contributed by atoms with Crippen molar-refractivity contribution in [3.8, 4) is 11.1 Å². The lowest BCUT2D eigenvalue weighted by molar-refractivity contribution is 0.627. The summed E-state index contributed by atoms with van der Waals surface area (Å²) in [5.74, 6) is -0.253. The Morgan fingerprint density at radius 1 is 1.15 bits per heavy atom. The van der Waals surface area contributed by atoms with Crippen molar-refractivity contribution in [1.82, 2.24) is 15.0 Å². The highest BCUT2D eigenvalue weighted by molar-refractivity contribution is 6.31. The summed E-state index contributed by atoms with van der Waals surface area (Å²) in [6.07, 6.45) is 2.42. The van der Waals surface area contributed by atoms with E-state index in [2.05, 4.69) is 15.0 Å². The van der Waals surface area contributed by atoms with Crippen LogP contribution in [0.3, 0.4) is 0 Å². The number of rotatable bonds is 1. The summed E-state index contributed by atoms with van der Waals surface area (Å²) in [6, 6.07) is 5.31. The first-order chi connectivity index (χ1) is 9.59. The van der Waals surface area contributed by atoms with Crippen molar-refractivity contribution < 1.29 is 4.39 Å². The first-order valence-corrected chi connectivity index (χ1v) is 6.27. The lowest BCUT2D eigenvalue weighted by Crippen LogP contribution is -1.99. The molecule has 0 saturated carbocycles. The van der Waals surface area contributed by atoms with Gasteiger partial charge in [-0.25, -0.2) is 19.3 Å². The summed E-state index contributed by atoms with van der Waals surface area (Å²) < 4.78 is 14.2. The van der Waals surface area contributed by atoms with E-state index in [0.717, 1.165) is 11.8 Å². The number of benzene rings is 1. The number of fused-ring (bicyclic) bond motifs is 1. The van der Waals surface area contributed by atoms with E-state index >= 15 is 0 Å². The normalized spacial score (nSPS) is 10.9. The Bertz CT molecular complexity index is 820. The Morgan fingerprint density at radius 3 is 2.75 bits per heavy atom. The van der Waals surface area contributed by atoms with Crippen molar-refractivity contribution in [3.63, 3.8) is 0 Å². The Morgan fingerprint density at radius 2 is 1.95 bits per heavy atom. The highest BCUT2D eigenvalue weighted by atomic mass is 35.5. The summed E-state index contributed by atoms with van der Waals surface area (Å²) >= 11 is 6.10. The molecule has 6 heteroatoms. The van der Waals surface area contributed by atoms with Crippen LogP contribution in [-0.2, 0) is 0 Å². The molecule has 0 bridgehead atoms. The Kier molecular flexibility index (Phi) is 2.99. The third-order valence-corrected chi connectivity index (χ3v) is 3.58. The van der Waals surface area contributed by atoms with Gasteiger partial charge in [0.25, 0.3) is 0 Å². The summed E-state index contributed by atoms with van der Waals surface area (Å²) in [5.41, 5.74) is 8.29. The first-order valence-electron chi connectivity index (χ1n) is 5.89. The first kappa shape index (κ1) is 12.7. The number of hydrogen-bond donors (Lipinski definition) is 1. The van der Waals surface area contributed by atoms with Gasteiger partial charge < -0.3 is 5.73 Å². The standard InChI is InChI=1S/C14H10ClFN4/c1-7-8(3-2-4-9(7)15)11-10(16)5-18-13-12(11)19-6-20-14(13)17/h2-6H,1H3,(H2,17,19,20). The van der Waals surface area contributed by atoms with E-state index in [0.29, 0.717) is 27.2 Å². The molecule has 0 aliphatic heterocycles. The van der Waals surface area contributed by atoms with Gasteiger partial charge in [-0.1, -0.05) is 23.7 Å². The second kappa shape index (κ2) is 4.68. The van der Waals surface area contributed by atoms with Crippen molar-refractivity contribution in [3.05, 3.63) is 47.1 Å². The van der Waals surface area contributed by atoms with Gasteiger partial charge in [-0.3, -0.25) is 0 Å². The van der Waals surface area contributed by atoms with Crippen LogP contribution < -0.4 is 5.73 Å². The fraction of sp³-hybridized carbons (Fsp3) is 0.0714. The molecule has 0 fully saturated rings. The minimum atomic E-state index is -0.471. The smallest absolute Gasteiger partial charge is 0.153 e. The number of pyridine rings is 1. The predicted octanol–water partition coefficient (Wildman–Crippen LogP) is 3.37. The third-order valence-electron chi connectivity index (χ3n) is 3.17. The monoisotopic (exact) mass is 288 g/mol. The third kappa shape index (κ3) is 1.87. The zero-order valence-corrected chi connectivity index (χ0v) is 11.3. The maximum atomic E-state index is 14.2. The topological polar surface area (TPSA) is 64.7 Å². The molecule has 4 nitrogen and oxygen atoms in total.